The highest BCUT2D eigenvalue weighted by Crippen LogP contribution is 2.45. The van der Waals surface area contributed by atoms with Crippen molar-refractivity contribution in [3.05, 3.63) is 16.0 Å². The molecule has 3 heteroatoms. The van der Waals surface area contributed by atoms with E-state index in [0.29, 0.717) is 11.8 Å². The average molecular weight is 251 g/mol. The summed E-state index contributed by atoms with van der Waals surface area (Å²) in [5.41, 5.74) is 8.15. The fourth-order valence-corrected chi connectivity index (χ4v) is 3.81. The van der Waals surface area contributed by atoms with Crippen LogP contribution in [0, 0.1) is 11.8 Å². The molecule has 0 spiro atoms. The molecule has 17 heavy (non-hydrogen) atoms. The van der Waals surface area contributed by atoms with Gasteiger partial charge in [-0.15, -0.1) is 11.3 Å². The van der Waals surface area contributed by atoms with Crippen LogP contribution in [0.1, 0.15) is 60.8 Å². The van der Waals surface area contributed by atoms with Gasteiger partial charge >= 0.3 is 0 Å². The second-order valence-electron chi connectivity index (χ2n) is 5.50. The smallest absolute Gasteiger partial charge is 0.168 e. The summed E-state index contributed by atoms with van der Waals surface area (Å²) < 4.78 is 0. The number of fused-ring (bicyclic) bond motifs is 1. The Kier molecular flexibility index (Phi) is 3.30. The maximum atomic E-state index is 12.3. The molecule has 2 N–H and O–H groups in total. The highest BCUT2D eigenvalue weighted by molar-refractivity contribution is 7.16. The van der Waals surface area contributed by atoms with Crippen molar-refractivity contribution in [2.24, 2.45) is 11.8 Å². The Hall–Kier alpha value is -0.830. The van der Waals surface area contributed by atoms with Gasteiger partial charge in [-0.25, -0.2) is 0 Å². The van der Waals surface area contributed by atoms with Gasteiger partial charge in [0.15, 0.2) is 5.78 Å². The molecule has 2 atom stereocenters. The minimum absolute atomic E-state index is 0.0282. The van der Waals surface area contributed by atoms with Crippen LogP contribution in [0.2, 0.25) is 0 Å². The van der Waals surface area contributed by atoms with E-state index in [0.717, 1.165) is 17.0 Å². The molecular weight excluding hydrogens is 230 g/mol. The van der Waals surface area contributed by atoms with Crippen molar-refractivity contribution in [3.8, 4) is 0 Å². The molecule has 94 valence electrons. The number of anilines is 1. The Morgan fingerprint density at radius 3 is 2.65 bits per heavy atom. The molecule has 1 aromatic rings. The topological polar surface area (TPSA) is 43.1 Å². The van der Waals surface area contributed by atoms with E-state index in [4.69, 9.17) is 5.73 Å². The second kappa shape index (κ2) is 4.45. The van der Waals surface area contributed by atoms with Gasteiger partial charge in [-0.3, -0.25) is 4.79 Å². The first kappa shape index (κ1) is 12.6. The SMILES string of the molecule is CC(C)C(=O)c1c(N)sc2c1C(C)C(C)CC2. The third-order valence-electron chi connectivity index (χ3n) is 3.96. The van der Waals surface area contributed by atoms with Crippen molar-refractivity contribution in [3.63, 3.8) is 0 Å². The average Bonchev–Trinajstić information content (AvgIpc) is 2.60. The lowest BCUT2D eigenvalue weighted by molar-refractivity contribution is 0.0938. The molecule has 2 rings (SSSR count). The number of carbonyl (C=O) groups is 1. The van der Waals surface area contributed by atoms with Crippen LogP contribution in [0.15, 0.2) is 0 Å². The van der Waals surface area contributed by atoms with Crippen LogP contribution >= 0.6 is 11.3 Å². The Morgan fingerprint density at radius 1 is 1.41 bits per heavy atom. The molecule has 0 amide bonds. The Bertz CT molecular complexity index is 447. The van der Waals surface area contributed by atoms with Gasteiger partial charge in [0.05, 0.1) is 10.6 Å². The van der Waals surface area contributed by atoms with Crippen molar-refractivity contribution in [2.45, 2.75) is 46.5 Å². The number of nitrogens with two attached hydrogens (primary N) is 1. The van der Waals surface area contributed by atoms with E-state index in [2.05, 4.69) is 13.8 Å². The van der Waals surface area contributed by atoms with E-state index in [-0.39, 0.29) is 11.7 Å². The standard InChI is InChI=1S/C14H21NOS/c1-7(2)13(16)12-11-9(4)8(3)5-6-10(11)17-14(12)15/h7-9H,5-6,15H2,1-4H3. The molecular formula is C14H21NOS. The van der Waals surface area contributed by atoms with Gasteiger partial charge in [0.25, 0.3) is 0 Å². The van der Waals surface area contributed by atoms with Crippen LogP contribution < -0.4 is 5.73 Å². The molecule has 2 unspecified atom stereocenters. The summed E-state index contributed by atoms with van der Waals surface area (Å²) in [5.74, 6) is 1.35. The van der Waals surface area contributed by atoms with E-state index in [1.54, 1.807) is 11.3 Å². The highest BCUT2D eigenvalue weighted by Gasteiger charge is 2.32. The fourth-order valence-electron chi connectivity index (χ4n) is 2.61. The third kappa shape index (κ3) is 2.01. The molecule has 0 aromatic carbocycles. The molecule has 0 saturated carbocycles. The van der Waals surface area contributed by atoms with Crippen LogP contribution in [0.4, 0.5) is 5.00 Å². The normalized spacial score (nSPS) is 23.8. The lowest BCUT2D eigenvalue weighted by atomic mass is 9.77. The van der Waals surface area contributed by atoms with Gasteiger partial charge in [-0.05, 0) is 30.2 Å². The monoisotopic (exact) mass is 251 g/mol. The number of aryl methyl sites for hydroxylation is 1. The summed E-state index contributed by atoms with van der Waals surface area (Å²) in [6.07, 6.45) is 2.30. The number of nitrogen functional groups attached to an aromatic ring is 1. The number of hydrogen-bond donors (Lipinski definition) is 1. The number of hydrogen-bond acceptors (Lipinski definition) is 3. The first-order valence-corrected chi connectivity index (χ1v) is 7.20. The number of rotatable bonds is 2. The van der Waals surface area contributed by atoms with Crippen LogP contribution in [-0.4, -0.2) is 5.78 Å². The van der Waals surface area contributed by atoms with Crippen molar-refractivity contribution < 1.29 is 4.79 Å². The number of thiophene rings is 1. The highest BCUT2D eigenvalue weighted by atomic mass is 32.1. The molecule has 0 radical (unpaired) electrons. The predicted octanol–water partition coefficient (Wildman–Crippen LogP) is 3.85. The van der Waals surface area contributed by atoms with Crippen molar-refractivity contribution >= 4 is 22.1 Å². The molecule has 1 aromatic heterocycles. The van der Waals surface area contributed by atoms with Gasteiger partial charge in [-0.1, -0.05) is 27.7 Å². The second-order valence-corrected chi connectivity index (χ2v) is 6.64. The molecule has 0 aliphatic heterocycles. The molecule has 2 nitrogen and oxygen atoms in total. The van der Waals surface area contributed by atoms with Gasteiger partial charge in [0.1, 0.15) is 0 Å². The largest absolute Gasteiger partial charge is 0.390 e. The minimum Gasteiger partial charge on any atom is -0.390 e. The quantitative estimate of drug-likeness (QED) is 0.811. The first-order chi connectivity index (χ1) is 7.93. The molecule has 1 aliphatic carbocycles. The number of carbonyl (C=O) groups excluding carboxylic acids is 1. The Labute approximate surface area is 107 Å². The summed E-state index contributed by atoms with van der Waals surface area (Å²) in [4.78, 5) is 13.6. The minimum atomic E-state index is 0.0282. The van der Waals surface area contributed by atoms with Crippen molar-refractivity contribution in [1.82, 2.24) is 0 Å². The predicted molar refractivity (Wildman–Crippen MR) is 73.8 cm³/mol. The van der Waals surface area contributed by atoms with Gasteiger partial charge in [0.2, 0.25) is 0 Å². The molecule has 0 fully saturated rings. The molecule has 0 bridgehead atoms. The summed E-state index contributed by atoms with van der Waals surface area (Å²) in [6, 6.07) is 0. The maximum Gasteiger partial charge on any atom is 0.168 e. The number of ketones is 1. The van der Waals surface area contributed by atoms with Crippen LogP contribution in [-0.2, 0) is 6.42 Å². The zero-order valence-corrected chi connectivity index (χ0v) is 11.9. The number of Topliss-reactive ketones (excluding diaryl/α,β-unsaturated/α-hetero) is 1. The summed E-state index contributed by atoms with van der Waals surface area (Å²) in [5, 5.41) is 0.731. The molecule has 1 aliphatic rings. The Balaban J connectivity index is 2.54. The molecule has 1 heterocycles. The van der Waals surface area contributed by atoms with Crippen LogP contribution in [0.5, 0.6) is 0 Å². The maximum absolute atomic E-state index is 12.3. The first-order valence-electron chi connectivity index (χ1n) is 6.38. The van der Waals surface area contributed by atoms with E-state index in [9.17, 15) is 4.79 Å². The van der Waals surface area contributed by atoms with E-state index >= 15 is 0 Å². The van der Waals surface area contributed by atoms with Gasteiger partial charge < -0.3 is 5.73 Å². The summed E-state index contributed by atoms with van der Waals surface area (Å²) in [7, 11) is 0. The van der Waals surface area contributed by atoms with Crippen molar-refractivity contribution in [2.75, 3.05) is 5.73 Å². The van der Waals surface area contributed by atoms with E-state index in [1.165, 1.54) is 16.9 Å². The van der Waals surface area contributed by atoms with Crippen LogP contribution in [0.25, 0.3) is 0 Å². The third-order valence-corrected chi connectivity index (χ3v) is 5.05. The van der Waals surface area contributed by atoms with Crippen LogP contribution in [0.3, 0.4) is 0 Å². The summed E-state index contributed by atoms with van der Waals surface area (Å²) in [6.45, 7) is 8.39. The van der Waals surface area contributed by atoms with E-state index < -0.39 is 0 Å². The molecule has 0 saturated heterocycles. The lowest BCUT2D eigenvalue weighted by Gasteiger charge is -2.27. The lowest BCUT2D eigenvalue weighted by Crippen LogP contribution is -2.19. The Morgan fingerprint density at radius 2 is 2.06 bits per heavy atom. The van der Waals surface area contributed by atoms with Gasteiger partial charge in [0, 0.05) is 10.8 Å². The zero-order chi connectivity index (χ0) is 12.7. The van der Waals surface area contributed by atoms with E-state index in [1.807, 2.05) is 13.8 Å². The van der Waals surface area contributed by atoms with Gasteiger partial charge in [-0.2, -0.15) is 0 Å². The zero-order valence-electron chi connectivity index (χ0n) is 11.0. The fraction of sp³-hybridized carbons (Fsp3) is 0.643. The van der Waals surface area contributed by atoms with Crippen molar-refractivity contribution in [1.29, 1.82) is 0 Å². The summed E-state index contributed by atoms with van der Waals surface area (Å²) >= 11 is 1.63.